The number of benzene rings is 1. The average Bonchev–Trinajstić information content (AvgIpc) is 2.77. The summed E-state index contributed by atoms with van der Waals surface area (Å²) in [7, 11) is 0. The molecule has 3 aliphatic carbocycles. The molecule has 3 fully saturated rings. The predicted molar refractivity (Wildman–Crippen MR) is 124 cm³/mol. The quantitative estimate of drug-likeness (QED) is 0.599. The van der Waals surface area contributed by atoms with Crippen LogP contribution in [-0.4, -0.2) is 18.0 Å². The van der Waals surface area contributed by atoms with Crippen LogP contribution in [0.15, 0.2) is 42.0 Å². The van der Waals surface area contributed by atoms with Gasteiger partial charge in [-0.2, -0.15) is 0 Å². The summed E-state index contributed by atoms with van der Waals surface area (Å²) in [6.07, 6.45) is 15.9. The van der Waals surface area contributed by atoms with Gasteiger partial charge in [0, 0.05) is 18.5 Å². The van der Waals surface area contributed by atoms with Crippen molar-refractivity contribution in [3.8, 4) is 0 Å². The number of rotatable bonds is 6. The van der Waals surface area contributed by atoms with Gasteiger partial charge >= 0.3 is 0 Å². The fourth-order valence-corrected chi connectivity index (χ4v) is 6.63. The number of carbonyl (C=O) groups is 1. The number of hydrogen-bond acceptors (Lipinski definition) is 2. The first-order valence-electron chi connectivity index (χ1n) is 12.4. The van der Waals surface area contributed by atoms with Gasteiger partial charge < -0.3 is 11.1 Å². The highest BCUT2D eigenvalue weighted by Crippen LogP contribution is 2.55. The minimum Gasteiger partial charge on any atom is -0.353 e. The Bertz CT molecular complexity index is 734. The van der Waals surface area contributed by atoms with Crippen molar-refractivity contribution in [3.05, 3.63) is 47.5 Å². The maximum atomic E-state index is 12.7. The summed E-state index contributed by atoms with van der Waals surface area (Å²) in [4.78, 5) is 12.7. The van der Waals surface area contributed by atoms with Gasteiger partial charge in [0.05, 0.1) is 0 Å². The molecule has 0 aliphatic heterocycles. The second kappa shape index (κ2) is 9.68. The lowest BCUT2D eigenvalue weighted by Gasteiger charge is -2.50. The van der Waals surface area contributed by atoms with Crippen molar-refractivity contribution < 1.29 is 4.79 Å². The standard InChI is InChI=1S/C27H40N2O/c1-2-7-25-20-8-6-17-27(18-20,22-9-4-3-5-10-22)19-21(25)11-16-26(30)29-24-14-12-23(28)13-15-24/h3-5,7,9-10,20-21,23-24H,2,6,8,11-19,28H2,1H3,(H,29,30)/b25-7+. The summed E-state index contributed by atoms with van der Waals surface area (Å²) >= 11 is 0. The van der Waals surface area contributed by atoms with Crippen molar-refractivity contribution in [3.63, 3.8) is 0 Å². The zero-order valence-electron chi connectivity index (χ0n) is 18.7. The van der Waals surface area contributed by atoms with Crippen molar-refractivity contribution in [2.45, 2.75) is 101 Å². The predicted octanol–water partition coefficient (Wildman–Crippen LogP) is 5.64. The van der Waals surface area contributed by atoms with Crippen molar-refractivity contribution in [2.75, 3.05) is 0 Å². The summed E-state index contributed by atoms with van der Waals surface area (Å²) < 4.78 is 0. The van der Waals surface area contributed by atoms with E-state index in [0.717, 1.165) is 38.5 Å². The lowest BCUT2D eigenvalue weighted by molar-refractivity contribution is -0.122. The normalized spacial score (nSPS) is 35.2. The molecule has 0 aromatic heterocycles. The van der Waals surface area contributed by atoms with Crippen molar-refractivity contribution >= 4 is 5.91 Å². The Labute approximate surface area is 182 Å². The Morgan fingerprint density at radius 2 is 1.90 bits per heavy atom. The first kappa shape index (κ1) is 21.6. The molecule has 0 radical (unpaired) electrons. The Kier molecular flexibility index (Phi) is 6.98. The molecule has 3 N–H and O–H groups in total. The van der Waals surface area contributed by atoms with Crippen LogP contribution >= 0.6 is 0 Å². The summed E-state index contributed by atoms with van der Waals surface area (Å²) in [6, 6.07) is 11.9. The molecule has 3 unspecified atom stereocenters. The zero-order valence-corrected chi connectivity index (χ0v) is 18.7. The molecule has 3 saturated carbocycles. The van der Waals surface area contributed by atoms with E-state index in [0.29, 0.717) is 35.8 Å². The van der Waals surface area contributed by atoms with Crippen LogP contribution in [0.25, 0.3) is 0 Å². The molecule has 0 heterocycles. The molecule has 2 bridgehead atoms. The third-order valence-electron chi connectivity index (χ3n) is 8.11. The third kappa shape index (κ3) is 4.82. The minimum atomic E-state index is 0.246. The van der Waals surface area contributed by atoms with E-state index in [2.05, 4.69) is 48.6 Å². The molecule has 164 valence electrons. The number of allylic oxidation sites excluding steroid dienone is 2. The lowest BCUT2D eigenvalue weighted by atomic mass is 9.54. The summed E-state index contributed by atoms with van der Waals surface area (Å²) in [5.74, 6) is 1.51. The van der Waals surface area contributed by atoms with Crippen LogP contribution in [-0.2, 0) is 10.2 Å². The molecule has 0 saturated heterocycles. The van der Waals surface area contributed by atoms with Crippen molar-refractivity contribution in [2.24, 2.45) is 17.6 Å². The van der Waals surface area contributed by atoms with Gasteiger partial charge in [-0.1, -0.05) is 55.3 Å². The Morgan fingerprint density at radius 3 is 2.63 bits per heavy atom. The van der Waals surface area contributed by atoms with Crippen LogP contribution in [0.2, 0.25) is 0 Å². The largest absolute Gasteiger partial charge is 0.353 e. The average molecular weight is 409 g/mol. The van der Waals surface area contributed by atoms with Gasteiger partial charge in [0.1, 0.15) is 0 Å². The van der Waals surface area contributed by atoms with Crippen LogP contribution in [0.4, 0.5) is 0 Å². The van der Waals surface area contributed by atoms with E-state index in [1.165, 1.54) is 37.7 Å². The molecule has 3 atom stereocenters. The highest BCUT2D eigenvalue weighted by molar-refractivity contribution is 5.76. The van der Waals surface area contributed by atoms with Gasteiger partial charge in [-0.05, 0) is 87.0 Å². The number of hydrogen-bond donors (Lipinski definition) is 2. The van der Waals surface area contributed by atoms with Gasteiger partial charge in [-0.15, -0.1) is 0 Å². The van der Waals surface area contributed by atoms with E-state index in [9.17, 15) is 4.79 Å². The highest BCUT2D eigenvalue weighted by Gasteiger charge is 2.46. The fraction of sp³-hybridized carbons (Fsp3) is 0.667. The first-order valence-corrected chi connectivity index (χ1v) is 12.4. The van der Waals surface area contributed by atoms with E-state index in [1.807, 2.05) is 0 Å². The second-order valence-corrected chi connectivity index (χ2v) is 10.2. The van der Waals surface area contributed by atoms with E-state index in [-0.39, 0.29) is 5.91 Å². The van der Waals surface area contributed by atoms with E-state index >= 15 is 0 Å². The smallest absolute Gasteiger partial charge is 0.220 e. The van der Waals surface area contributed by atoms with Crippen LogP contribution < -0.4 is 11.1 Å². The summed E-state index contributed by atoms with van der Waals surface area (Å²) in [5.41, 5.74) is 9.52. The second-order valence-electron chi connectivity index (χ2n) is 10.2. The Morgan fingerprint density at radius 1 is 1.13 bits per heavy atom. The molecule has 3 nitrogen and oxygen atoms in total. The van der Waals surface area contributed by atoms with Gasteiger partial charge in [-0.3, -0.25) is 4.79 Å². The van der Waals surface area contributed by atoms with E-state index in [1.54, 1.807) is 5.57 Å². The molecular formula is C27H40N2O. The van der Waals surface area contributed by atoms with Crippen LogP contribution in [0.1, 0.15) is 89.5 Å². The van der Waals surface area contributed by atoms with Gasteiger partial charge in [-0.25, -0.2) is 0 Å². The minimum absolute atomic E-state index is 0.246. The fourth-order valence-electron chi connectivity index (χ4n) is 6.63. The topological polar surface area (TPSA) is 55.1 Å². The molecule has 1 aromatic carbocycles. The van der Waals surface area contributed by atoms with Crippen molar-refractivity contribution in [1.82, 2.24) is 5.32 Å². The number of nitrogens with one attached hydrogen (secondary N) is 1. The third-order valence-corrected chi connectivity index (χ3v) is 8.11. The Hall–Kier alpha value is -1.61. The molecule has 4 rings (SSSR count). The maximum Gasteiger partial charge on any atom is 0.220 e. The van der Waals surface area contributed by atoms with Gasteiger partial charge in [0.25, 0.3) is 0 Å². The molecule has 1 aromatic rings. The SMILES string of the molecule is CC/C=C1\C2CCCC(c3ccccc3)(C2)CC1CCC(=O)NC1CCC(N)CC1. The number of amides is 1. The maximum absolute atomic E-state index is 12.7. The summed E-state index contributed by atoms with van der Waals surface area (Å²) in [6.45, 7) is 2.26. The molecule has 30 heavy (non-hydrogen) atoms. The molecule has 3 heteroatoms. The highest BCUT2D eigenvalue weighted by atomic mass is 16.1. The van der Waals surface area contributed by atoms with Crippen LogP contribution in [0.5, 0.6) is 0 Å². The number of nitrogens with two attached hydrogens (primary N) is 1. The molecular weight excluding hydrogens is 368 g/mol. The zero-order chi connectivity index (χ0) is 21.0. The molecule has 0 spiro atoms. The van der Waals surface area contributed by atoms with E-state index < -0.39 is 0 Å². The van der Waals surface area contributed by atoms with Crippen molar-refractivity contribution in [1.29, 1.82) is 0 Å². The number of fused-ring (bicyclic) bond motifs is 2. The first-order chi connectivity index (χ1) is 14.6. The van der Waals surface area contributed by atoms with Crippen LogP contribution in [0.3, 0.4) is 0 Å². The Balaban J connectivity index is 1.43. The van der Waals surface area contributed by atoms with Gasteiger partial charge in [0.15, 0.2) is 0 Å². The van der Waals surface area contributed by atoms with E-state index in [4.69, 9.17) is 5.73 Å². The summed E-state index contributed by atoms with van der Waals surface area (Å²) in [5, 5.41) is 3.30. The van der Waals surface area contributed by atoms with Gasteiger partial charge in [0.2, 0.25) is 5.91 Å². The lowest BCUT2D eigenvalue weighted by Crippen LogP contribution is -2.43. The molecule has 3 aliphatic rings. The molecule has 1 amide bonds. The van der Waals surface area contributed by atoms with Crippen LogP contribution in [0, 0.1) is 11.8 Å². The monoisotopic (exact) mass is 408 g/mol. The number of carbonyl (C=O) groups excluding carboxylic acids is 1.